The monoisotopic (exact) mass is 278 g/mol. The van der Waals surface area contributed by atoms with E-state index in [1.54, 1.807) is 0 Å². The van der Waals surface area contributed by atoms with Gasteiger partial charge < -0.3 is 20.5 Å². The van der Waals surface area contributed by atoms with E-state index in [1.807, 2.05) is 30.3 Å². The summed E-state index contributed by atoms with van der Waals surface area (Å²) in [6.45, 7) is 0.338. The van der Waals surface area contributed by atoms with Crippen molar-refractivity contribution < 1.29 is 19.4 Å². The molecule has 6 nitrogen and oxygen atoms in total. The number of primary amides is 1. The van der Waals surface area contributed by atoms with E-state index in [0.29, 0.717) is 25.9 Å². The Morgan fingerprint density at radius 2 is 1.85 bits per heavy atom. The lowest BCUT2D eigenvalue weighted by Crippen LogP contribution is -2.45. The molecule has 0 atom stereocenters. The Balaban J connectivity index is 1.92. The van der Waals surface area contributed by atoms with E-state index in [0.717, 1.165) is 5.56 Å². The topological polar surface area (TPSA) is 92.9 Å². The molecular weight excluding hydrogens is 260 g/mol. The number of carbonyl (C=O) groups is 2. The number of hydrogen-bond acceptors (Lipinski definition) is 4. The van der Waals surface area contributed by atoms with Gasteiger partial charge in [-0.25, -0.2) is 4.79 Å². The molecule has 6 heteroatoms. The predicted molar refractivity (Wildman–Crippen MR) is 71.7 cm³/mol. The fourth-order valence-electron chi connectivity index (χ4n) is 2.32. The van der Waals surface area contributed by atoms with Crippen LogP contribution in [0.4, 0.5) is 4.79 Å². The van der Waals surface area contributed by atoms with Crippen molar-refractivity contribution in [3.8, 4) is 0 Å². The highest BCUT2D eigenvalue weighted by Gasteiger charge is 2.35. The molecular formula is C14H18N2O4. The minimum atomic E-state index is -0.915. The summed E-state index contributed by atoms with van der Waals surface area (Å²) in [6.07, 6.45) is 0.296. The number of aliphatic hydroxyl groups is 1. The smallest absolute Gasteiger partial charge is 0.410 e. The van der Waals surface area contributed by atoms with Crippen LogP contribution in [0.15, 0.2) is 30.3 Å². The molecule has 0 spiro atoms. The van der Waals surface area contributed by atoms with E-state index in [9.17, 15) is 14.7 Å². The average molecular weight is 278 g/mol. The number of nitrogens with two attached hydrogens (primary N) is 1. The Kier molecular flexibility index (Phi) is 4.24. The average Bonchev–Trinajstić information content (AvgIpc) is 2.46. The minimum Gasteiger partial charge on any atom is -0.439 e. The molecule has 1 aliphatic rings. The molecule has 1 aromatic rings. The summed E-state index contributed by atoms with van der Waals surface area (Å²) in [7, 11) is 0. The van der Waals surface area contributed by atoms with Gasteiger partial charge in [0, 0.05) is 13.1 Å². The molecule has 0 radical (unpaired) electrons. The van der Waals surface area contributed by atoms with Crippen LogP contribution in [0.25, 0.3) is 0 Å². The normalized spacial score (nSPS) is 17.6. The van der Waals surface area contributed by atoms with E-state index < -0.39 is 24.2 Å². The number of amides is 2. The van der Waals surface area contributed by atoms with Crippen molar-refractivity contribution in [2.45, 2.75) is 18.4 Å². The van der Waals surface area contributed by atoms with Crippen molar-refractivity contribution in [3.63, 3.8) is 0 Å². The fourth-order valence-corrected chi connectivity index (χ4v) is 2.32. The Morgan fingerprint density at radius 1 is 1.25 bits per heavy atom. The zero-order valence-electron chi connectivity index (χ0n) is 11.1. The van der Waals surface area contributed by atoms with Gasteiger partial charge in [-0.1, -0.05) is 30.3 Å². The summed E-state index contributed by atoms with van der Waals surface area (Å²) >= 11 is 0. The number of carbonyl (C=O) groups excluding carboxylic acids is 2. The van der Waals surface area contributed by atoms with E-state index in [1.165, 1.54) is 4.90 Å². The van der Waals surface area contributed by atoms with Crippen LogP contribution in [0.2, 0.25) is 0 Å². The van der Waals surface area contributed by atoms with Gasteiger partial charge in [0.1, 0.15) is 0 Å². The van der Waals surface area contributed by atoms with Crippen LogP contribution in [0, 0.1) is 0 Å². The van der Waals surface area contributed by atoms with Crippen molar-refractivity contribution in [2.75, 3.05) is 19.7 Å². The lowest BCUT2D eigenvalue weighted by atomic mass is 9.84. The van der Waals surface area contributed by atoms with Gasteiger partial charge >= 0.3 is 6.09 Å². The van der Waals surface area contributed by atoms with Gasteiger partial charge in [-0.2, -0.15) is 0 Å². The van der Waals surface area contributed by atoms with Crippen LogP contribution >= 0.6 is 0 Å². The quantitative estimate of drug-likeness (QED) is 0.846. The molecule has 1 aliphatic heterocycles. The van der Waals surface area contributed by atoms with E-state index in [4.69, 9.17) is 10.5 Å². The van der Waals surface area contributed by atoms with Crippen molar-refractivity contribution >= 4 is 12.0 Å². The third-order valence-electron chi connectivity index (χ3n) is 3.50. The first-order valence-corrected chi connectivity index (χ1v) is 6.49. The third-order valence-corrected chi connectivity index (χ3v) is 3.50. The molecule has 1 aromatic carbocycles. The molecule has 108 valence electrons. The maximum atomic E-state index is 11.7. The molecule has 0 unspecified atom stereocenters. The first-order valence-electron chi connectivity index (χ1n) is 6.49. The van der Waals surface area contributed by atoms with Crippen LogP contribution in [0.3, 0.4) is 0 Å². The number of likely N-dealkylation sites (tertiary alicyclic amines) is 1. The molecule has 0 aromatic heterocycles. The zero-order valence-corrected chi connectivity index (χ0v) is 11.1. The molecule has 0 saturated carbocycles. The zero-order chi connectivity index (χ0) is 14.6. The second kappa shape index (κ2) is 5.92. The van der Waals surface area contributed by atoms with Crippen LogP contribution < -0.4 is 5.73 Å². The van der Waals surface area contributed by atoms with Crippen LogP contribution in [-0.4, -0.2) is 41.7 Å². The maximum Gasteiger partial charge on any atom is 0.410 e. The number of nitrogens with zero attached hydrogens (tertiary/aromatic N) is 1. The molecule has 0 bridgehead atoms. The molecule has 0 aliphatic carbocycles. The van der Waals surface area contributed by atoms with Gasteiger partial charge in [0.2, 0.25) is 0 Å². The lowest BCUT2D eigenvalue weighted by Gasteiger charge is -2.37. The van der Waals surface area contributed by atoms with Gasteiger partial charge in [0.25, 0.3) is 5.91 Å². The molecule has 2 amide bonds. The highest BCUT2D eigenvalue weighted by Crippen LogP contribution is 2.32. The molecule has 1 saturated heterocycles. The molecule has 20 heavy (non-hydrogen) atoms. The molecule has 1 heterocycles. The van der Waals surface area contributed by atoms with Crippen molar-refractivity contribution in [2.24, 2.45) is 5.73 Å². The van der Waals surface area contributed by atoms with Crippen molar-refractivity contribution in [1.82, 2.24) is 4.90 Å². The number of piperidine rings is 1. The number of benzene rings is 1. The van der Waals surface area contributed by atoms with Gasteiger partial charge in [0.15, 0.2) is 6.61 Å². The first-order chi connectivity index (χ1) is 9.51. The number of ether oxygens (including phenoxy) is 1. The van der Waals surface area contributed by atoms with E-state index in [2.05, 4.69) is 0 Å². The van der Waals surface area contributed by atoms with Gasteiger partial charge in [0.05, 0.1) is 5.60 Å². The SMILES string of the molecule is NC(=O)COC(=O)N1CCC(O)(c2ccccc2)CC1. The van der Waals surface area contributed by atoms with Crippen molar-refractivity contribution in [1.29, 1.82) is 0 Å². The standard InChI is InChI=1S/C14H18N2O4/c15-12(17)10-20-13(18)16-8-6-14(19,7-9-16)11-4-2-1-3-5-11/h1-5,19H,6-10H2,(H2,15,17). The Labute approximate surface area is 117 Å². The van der Waals surface area contributed by atoms with E-state index in [-0.39, 0.29) is 0 Å². The van der Waals surface area contributed by atoms with Gasteiger partial charge in [-0.15, -0.1) is 0 Å². The third kappa shape index (κ3) is 3.27. The highest BCUT2D eigenvalue weighted by molar-refractivity contribution is 5.78. The first kappa shape index (κ1) is 14.3. The second-order valence-corrected chi connectivity index (χ2v) is 4.91. The Morgan fingerprint density at radius 3 is 2.40 bits per heavy atom. The minimum absolute atomic E-state index is 0.378. The van der Waals surface area contributed by atoms with Gasteiger partial charge in [-0.05, 0) is 18.4 Å². The van der Waals surface area contributed by atoms with Crippen molar-refractivity contribution in [3.05, 3.63) is 35.9 Å². The second-order valence-electron chi connectivity index (χ2n) is 4.91. The van der Waals surface area contributed by atoms with Crippen LogP contribution in [0.5, 0.6) is 0 Å². The lowest BCUT2D eigenvalue weighted by molar-refractivity contribution is -0.121. The van der Waals surface area contributed by atoms with Crippen LogP contribution in [-0.2, 0) is 15.1 Å². The summed E-state index contributed by atoms with van der Waals surface area (Å²) in [6, 6.07) is 9.40. The van der Waals surface area contributed by atoms with Gasteiger partial charge in [-0.3, -0.25) is 4.79 Å². The maximum absolute atomic E-state index is 11.7. The Bertz CT molecular complexity index is 481. The number of hydrogen-bond donors (Lipinski definition) is 2. The number of rotatable bonds is 3. The molecule has 1 fully saturated rings. The summed E-state index contributed by atoms with van der Waals surface area (Å²) in [5.74, 6) is -0.684. The fraction of sp³-hybridized carbons (Fsp3) is 0.429. The highest BCUT2D eigenvalue weighted by atomic mass is 16.6. The molecule has 2 rings (SSSR count). The summed E-state index contributed by atoms with van der Waals surface area (Å²) in [4.78, 5) is 23.7. The predicted octanol–water partition coefficient (Wildman–Crippen LogP) is 0.592. The summed E-state index contributed by atoms with van der Waals surface area (Å²) in [5.41, 5.74) is 4.85. The molecule has 3 N–H and O–H groups in total. The largest absolute Gasteiger partial charge is 0.439 e. The Hall–Kier alpha value is -2.08. The summed E-state index contributed by atoms with van der Waals surface area (Å²) in [5, 5.41) is 10.6. The van der Waals surface area contributed by atoms with E-state index >= 15 is 0 Å². The summed E-state index contributed by atoms with van der Waals surface area (Å²) < 4.78 is 4.75. The van der Waals surface area contributed by atoms with Crippen LogP contribution in [0.1, 0.15) is 18.4 Å².